The maximum absolute atomic E-state index is 11.6. The quantitative estimate of drug-likeness (QED) is 0.853. The number of amides is 1. The van der Waals surface area contributed by atoms with Gasteiger partial charge in [0.15, 0.2) is 0 Å². The monoisotopic (exact) mass is 241 g/mol. The highest BCUT2D eigenvalue weighted by Gasteiger charge is 2.13. The molecule has 0 aliphatic heterocycles. The van der Waals surface area contributed by atoms with Gasteiger partial charge in [-0.3, -0.25) is 9.48 Å². The molecule has 5 heteroatoms. The number of aryl methyl sites for hydroxylation is 1. The fraction of sp³-hybridized carbons (Fsp3) is 0.636. The standard InChI is InChI=1S/C11H19N3OS/c1-8(13-11(15)5-6-16-4)10-7-12-14(3)9(10)2/h7-8H,5-6H2,1-4H3,(H,13,15)/t8-/m0/s1. The Hall–Kier alpha value is -0.970. The third kappa shape index (κ3) is 3.27. The van der Waals surface area contributed by atoms with Crippen LogP contribution in [0.15, 0.2) is 6.20 Å². The van der Waals surface area contributed by atoms with Crippen LogP contribution in [0, 0.1) is 6.92 Å². The lowest BCUT2D eigenvalue weighted by Crippen LogP contribution is -2.27. The molecule has 0 saturated heterocycles. The lowest BCUT2D eigenvalue weighted by molar-refractivity contribution is -0.121. The molecule has 16 heavy (non-hydrogen) atoms. The van der Waals surface area contributed by atoms with E-state index in [1.54, 1.807) is 11.8 Å². The number of aromatic nitrogens is 2. The first-order chi connectivity index (χ1) is 7.56. The van der Waals surface area contributed by atoms with Crippen molar-refractivity contribution >= 4 is 17.7 Å². The van der Waals surface area contributed by atoms with Gasteiger partial charge in [-0.25, -0.2) is 0 Å². The van der Waals surface area contributed by atoms with Crippen molar-refractivity contribution in [3.8, 4) is 0 Å². The Morgan fingerprint density at radius 3 is 2.88 bits per heavy atom. The van der Waals surface area contributed by atoms with Crippen LogP contribution in [0.1, 0.15) is 30.6 Å². The smallest absolute Gasteiger partial charge is 0.221 e. The van der Waals surface area contributed by atoms with E-state index in [4.69, 9.17) is 0 Å². The summed E-state index contributed by atoms with van der Waals surface area (Å²) in [5.41, 5.74) is 2.18. The van der Waals surface area contributed by atoms with Crippen molar-refractivity contribution in [2.24, 2.45) is 7.05 Å². The van der Waals surface area contributed by atoms with Crippen molar-refractivity contribution in [2.45, 2.75) is 26.3 Å². The predicted molar refractivity (Wildman–Crippen MR) is 67.5 cm³/mol. The van der Waals surface area contributed by atoms with Gasteiger partial charge in [0.2, 0.25) is 5.91 Å². The van der Waals surface area contributed by atoms with Gasteiger partial charge in [0.25, 0.3) is 0 Å². The number of carbonyl (C=O) groups excluding carboxylic acids is 1. The summed E-state index contributed by atoms with van der Waals surface area (Å²) < 4.78 is 1.82. The number of rotatable bonds is 5. The average Bonchev–Trinajstić information content (AvgIpc) is 2.57. The summed E-state index contributed by atoms with van der Waals surface area (Å²) in [6.45, 7) is 3.99. The molecule has 1 amide bonds. The topological polar surface area (TPSA) is 46.9 Å². The van der Waals surface area contributed by atoms with Crippen LogP contribution in [-0.2, 0) is 11.8 Å². The Balaban J connectivity index is 2.55. The maximum atomic E-state index is 11.6. The molecule has 0 aliphatic rings. The van der Waals surface area contributed by atoms with E-state index in [1.807, 2.05) is 38.0 Å². The molecule has 0 bridgehead atoms. The highest BCUT2D eigenvalue weighted by Crippen LogP contribution is 2.15. The molecule has 4 nitrogen and oxygen atoms in total. The van der Waals surface area contributed by atoms with Crippen LogP contribution >= 0.6 is 11.8 Å². The van der Waals surface area contributed by atoms with Gasteiger partial charge in [0, 0.05) is 30.5 Å². The van der Waals surface area contributed by atoms with Gasteiger partial charge in [-0.15, -0.1) is 0 Å². The van der Waals surface area contributed by atoms with Crippen LogP contribution in [-0.4, -0.2) is 27.7 Å². The molecule has 0 aromatic carbocycles. The van der Waals surface area contributed by atoms with E-state index in [9.17, 15) is 4.79 Å². The first kappa shape index (κ1) is 13.1. The molecule has 1 N–H and O–H groups in total. The van der Waals surface area contributed by atoms with Crippen LogP contribution in [0.5, 0.6) is 0 Å². The number of thioether (sulfide) groups is 1. The van der Waals surface area contributed by atoms with Gasteiger partial charge < -0.3 is 5.32 Å². The van der Waals surface area contributed by atoms with Gasteiger partial charge in [-0.2, -0.15) is 16.9 Å². The summed E-state index contributed by atoms with van der Waals surface area (Å²) in [4.78, 5) is 11.6. The third-order valence-electron chi connectivity index (χ3n) is 2.65. The van der Waals surface area contributed by atoms with Gasteiger partial charge in [-0.1, -0.05) is 0 Å². The lowest BCUT2D eigenvalue weighted by Gasteiger charge is -2.13. The van der Waals surface area contributed by atoms with Gasteiger partial charge in [0.1, 0.15) is 0 Å². The second kappa shape index (κ2) is 5.94. The molecule has 0 aliphatic carbocycles. The third-order valence-corrected chi connectivity index (χ3v) is 3.26. The molecule has 0 spiro atoms. The van der Waals surface area contributed by atoms with E-state index in [-0.39, 0.29) is 11.9 Å². The first-order valence-electron chi connectivity index (χ1n) is 5.33. The fourth-order valence-corrected chi connectivity index (χ4v) is 1.92. The van der Waals surface area contributed by atoms with Crippen LogP contribution in [0.3, 0.4) is 0 Å². The molecule has 1 aromatic heterocycles. The normalized spacial score (nSPS) is 12.5. The molecule has 1 rings (SSSR count). The van der Waals surface area contributed by atoms with E-state index in [0.717, 1.165) is 17.0 Å². The lowest BCUT2D eigenvalue weighted by atomic mass is 10.1. The Morgan fingerprint density at radius 1 is 1.69 bits per heavy atom. The summed E-state index contributed by atoms with van der Waals surface area (Å²) in [6, 6.07) is 0.0306. The maximum Gasteiger partial charge on any atom is 0.221 e. The highest BCUT2D eigenvalue weighted by molar-refractivity contribution is 7.98. The van der Waals surface area contributed by atoms with Crippen molar-refractivity contribution in [3.63, 3.8) is 0 Å². The van der Waals surface area contributed by atoms with Crippen molar-refractivity contribution in [2.75, 3.05) is 12.0 Å². The molecule has 90 valence electrons. The molecular weight excluding hydrogens is 222 g/mol. The van der Waals surface area contributed by atoms with Gasteiger partial charge in [-0.05, 0) is 20.1 Å². The number of nitrogens with zero attached hydrogens (tertiary/aromatic N) is 2. The van der Waals surface area contributed by atoms with E-state index in [1.165, 1.54) is 0 Å². The molecule has 0 saturated carbocycles. The number of nitrogens with one attached hydrogen (secondary N) is 1. The molecule has 1 atom stereocenters. The van der Waals surface area contributed by atoms with Crippen LogP contribution in [0.4, 0.5) is 0 Å². The molecule has 0 fully saturated rings. The Labute approximate surface area is 101 Å². The second-order valence-corrected chi connectivity index (χ2v) is 4.83. The molecule has 1 aromatic rings. The summed E-state index contributed by atoms with van der Waals surface area (Å²) in [6.07, 6.45) is 4.39. The average molecular weight is 241 g/mol. The van der Waals surface area contributed by atoms with Crippen molar-refractivity contribution in [1.29, 1.82) is 0 Å². The number of hydrogen-bond acceptors (Lipinski definition) is 3. The SMILES string of the molecule is CSCCC(=O)N[C@@H](C)c1cnn(C)c1C. The predicted octanol–water partition coefficient (Wildman–Crippen LogP) is 1.66. The van der Waals surface area contributed by atoms with Crippen LogP contribution in [0.2, 0.25) is 0 Å². The van der Waals surface area contributed by atoms with E-state index >= 15 is 0 Å². The van der Waals surface area contributed by atoms with Gasteiger partial charge >= 0.3 is 0 Å². The van der Waals surface area contributed by atoms with E-state index in [0.29, 0.717) is 6.42 Å². The van der Waals surface area contributed by atoms with Gasteiger partial charge in [0.05, 0.1) is 12.2 Å². The number of hydrogen-bond donors (Lipinski definition) is 1. The fourth-order valence-electron chi connectivity index (χ4n) is 1.53. The number of carbonyl (C=O) groups is 1. The summed E-state index contributed by atoms with van der Waals surface area (Å²) >= 11 is 1.68. The minimum absolute atomic E-state index is 0.0306. The van der Waals surface area contributed by atoms with Crippen molar-refractivity contribution in [1.82, 2.24) is 15.1 Å². The molecule has 1 heterocycles. The molecule has 0 radical (unpaired) electrons. The highest BCUT2D eigenvalue weighted by atomic mass is 32.2. The second-order valence-electron chi connectivity index (χ2n) is 3.84. The Morgan fingerprint density at radius 2 is 2.38 bits per heavy atom. The minimum atomic E-state index is 0.0306. The van der Waals surface area contributed by atoms with Crippen LogP contribution in [0.25, 0.3) is 0 Å². The Kier molecular flexibility index (Phi) is 4.86. The van der Waals surface area contributed by atoms with Crippen LogP contribution < -0.4 is 5.32 Å². The van der Waals surface area contributed by atoms with E-state index in [2.05, 4.69) is 10.4 Å². The molecular formula is C11H19N3OS. The zero-order valence-corrected chi connectivity index (χ0v) is 11.1. The first-order valence-corrected chi connectivity index (χ1v) is 6.72. The summed E-state index contributed by atoms with van der Waals surface area (Å²) in [5, 5.41) is 7.15. The summed E-state index contributed by atoms with van der Waals surface area (Å²) in [7, 11) is 1.90. The minimum Gasteiger partial charge on any atom is -0.349 e. The Bertz CT molecular complexity index is 362. The largest absolute Gasteiger partial charge is 0.349 e. The van der Waals surface area contributed by atoms with Crippen molar-refractivity contribution < 1.29 is 4.79 Å². The zero-order valence-electron chi connectivity index (χ0n) is 10.3. The molecule has 0 unspecified atom stereocenters. The van der Waals surface area contributed by atoms with Crippen molar-refractivity contribution in [3.05, 3.63) is 17.5 Å². The summed E-state index contributed by atoms with van der Waals surface area (Å²) in [5.74, 6) is 0.968. The zero-order chi connectivity index (χ0) is 12.1. The van der Waals surface area contributed by atoms with E-state index < -0.39 is 0 Å².